The topological polar surface area (TPSA) is 33.5 Å². The molecule has 0 saturated carbocycles. The molecule has 0 radical (unpaired) electrons. The first-order valence-electron chi connectivity index (χ1n) is 9.51. The normalized spacial score (nSPS) is 10.9. The number of amides is 1. The Morgan fingerprint density at radius 3 is 2.07 bits per heavy atom. The van der Waals surface area contributed by atoms with Gasteiger partial charge >= 0.3 is 0 Å². The molecule has 3 aromatic carbocycles. The summed E-state index contributed by atoms with van der Waals surface area (Å²) >= 11 is 0. The van der Waals surface area contributed by atoms with Gasteiger partial charge < -0.3 is 9.32 Å². The SMILES string of the molecule is Cc1ccc2c(CC(=O)N(Cc3ccccc3)Cc3ccccc3)coc2c1. The molecule has 4 rings (SSSR count). The molecule has 0 atom stereocenters. The Kier molecular flexibility index (Phi) is 5.24. The van der Waals surface area contributed by atoms with E-state index in [9.17, 15) is 4.79 Å². The van der Waals surface area contributed by atoms with Gasteiger partial charge in [0.1, 0.15) is 5.58 Å². The number of hydrogen-bond acceptors (Lipinski definition) is 2. The first kappa shape index (κ1) is 18.1. The van der Waals surface area contributed by atoms with Crippen LogP contribution in [0.4, 0.5) is 0 Å². The van der Waals surface area contributed by atoms with Crippen LogP contribution in [0.5, 0.6) is 0 Å². The molecular weight excluding hydrogens is 346 g/mol. The van der Waals surface area contributed by atoms with Gasteiger partial charge in [-0.15, -0.1) is 0 Å². The Labute approximate surface area is 165 Å². The van der Waals surface area contributed by atoms with Crippen LogP contribution in [0.15, 0.2) is 89.5 Å². The summed E-state index contributed by atoms with van der Waals surface area (Å²) in [6.45, 7) is 3.21. The van der Waals surface area contributed by atoms with Crippen molar-refractivity contribution >= 4 is 16.9 Å². The van der Waals surface area contributed by atoms with Crippen LogP contribution in [-0.4, -0.2) is 10.8 Å². The first-order valence-corrected chi connectivity index (χ1v) is 9.51. The summed E-state index contributed by atoms with van der Waals surface area (Å²) in [7, 11) is 0. The number of furan rings is 1. The second-order valence-corrected chi connectivity index (χ2v) is 7.16. The summed E-state index contributed by atoms with van der Waals surface area (Å²) in [6.07, 6.45) is 2.04. The molecule has 0 saturated heterocycles. The third-order valence-corrected chi connectivity index (χ3v) is 4.94. The smallest absolute Gasteiger partial charge is 0.227 e. The average Bonchev–Trinajstić information content (AvgIpc) is 3.10. The number of carbonyl (C=O) groups excluding carboxylic acids is 1. The lowest BCUT2D eigenvalue weighted by atomic mass is 10.1. The van der Waals surface area contributed by atoms with Crippen LogP contribution in [0.2, 0.25) is 0 Å². The van der Waals surface area contributed by atoms with E-state index >= 15 is 0 Å². The van der Waals surface area contributed by atoms with Gasteiger partial charge in [0.2, 0.25) is 5.91 Å². The molecule has 0 spiro atoms. The molecule has 1 heterocycles. The highest BCUT2D eigenvalue weighted by molar-refractivity contribution is 5.88. The van der Waals surface area contributed by atoms with Crippen molar-refractivity contribution in [3.8, 4) is 0 Å². The van der Waals surface area contributed by atoms with E-state index < -0.39 is 0 Å². The Morgan fingerprint density at radius 2 is 1.46 bits per heavy atom. The van der Waals surface area contributed by atoms with Crippen LogP contribution in [0.3, 0.4) is 0 Å². The number of rotatable bonds is 6. The molecular formula is C25H23NO2. The van der Waals surface area contributed by atoms with Crippen LogP contribution in [-0.2, 0) is 24.3 Å². The number of benzene rings is 3. The predicted octanol–water partition coefficient (Wildman–Crippen LogP) is 5.51. The summed E-state index contributed by atoms with van der Waals surface area (Å²) in [5.41, 5.74) is 5.17. The molecule has 0 aliphatic rings. The van der Waals surface area contributed by atoms with Gasteiger partial charge in [-0.3, -0.25) is 4.79 Å². The predicted molar refractivity (Wildman–Crippen MR) is 112 cm³/mol. The number of aryl methyl sites for hydroxylation is 1. The Morgan fingerprint density at radius 1 is 0.857 bits per heavy atom. The molecule has 140 valence electrons. The minimum atomic E-state index is 0.0935. The van der Waals surface area contributed by atoms with Crippen LogP contribution in [0.25, 0.3) is 11.0 Å². The van der Waals surface area contributed by atoms with Gasteiger partial charge in [0.05, 0.1) is 12.7 Å². The van der Waals surface area contributed by atoms with E-state index in [0.717, 1.165) is 33.2 Å². The number of nitrogens with zero attached hydrogens (tertiary/aromatic N) is 1. The van der Waals surface area contributed by atoms with Crippen LogP contribution in [0, 0.1) is 6.92 Å². The first-order chi connectivity index (χ1) is 13.7. The lowest BCUT2D eigenvalue weighted by Gasteiger charge is -2.23. The molecule has 0 fully saturated rings. The largest absolute Gasteiger partial charge is 0.464 e. The fourth-order valence-corrected chi connectivity index (χ4v) is 3.44. The summed E-state index contributed by atoms with van der Waals surface area (Å²) in [5, 5.41) is 1.01. The van der Waals surface area contributed by atoms with Crippen molar-refractivity contribution in [1.82, 2.24) is 4.90 Å². The zero-order chi connectivity index (χ0) is 19.3. The molecule has 0 bridgehead atoms. The summed E-state index contributed by atoms with van der Waals surface area (Å²) in [6, 6.07) is 26.3. The van der Waals surface area contributed by atoms with Crippen molar-refractivity contribution in [1.29, 1.82) is 0 Å². The highest BCUT2D eigenvalue weighted by atomic mass is 16.3. The van der Waals surface area contributed by atoms with Gasteiger partial charge in [-0.2, -0.15) is 0 Å². The van der Waals surface area contributed by atoms with Gasteiger partial charge in [-0.1, -0.05) is 72.8 Å². The highest BCUT2D eigenvalue weighted by Crippen LogP contribution is 2.24. The van der Waals surface area contributed by atoms with Gasteiger partial charge in [-0.05, 0) is 29.7 Å². The highest BCUT2D eigenvalue weighted by Gasteiger charge is 2.18. The molecule has 0 aliphatic heterocycles. The molecule has 28 heavy (non-hydrogen) atoms. The van der Waals surface area contributed by atoms with Crippen molar-refractivity contribution in [2.45, 2.75) is 26.4 Å². The summed E-state index contributed by atoms with van der Waals surface area (Å²) in [4.78, 5) is 15.1. The minimum Gasteiger partial charge on any atom is -0.464 e. The van der Waals surface area contributed by atoms with Crippen LogP contribution in [0.1, 0.15) is 22.3 Å². The fraction of sp³-hybridized carbons (Fsp3) is 0.160. The average molecular weight is 369 g/mol. The quantitative estimate of drug-likeness (QED) is 0.449. The van der Waals surface area contributed by atoms with Crippen molar-refractivity contribution in [3.63, 3.8) is 0 Å². The third kappa shape index (κ3) is 4.15. The van der Waals surface area contributed by atoms with E-state index in [1.54, 1.807) is 6.26 Å². The fourth-order valence-electron chi connectivity index (χ4n) is 3.44. The summed E-state index contributed by atoms with van der Waals surface area (Å²) < 4.78 is 5.68. The van der Waals surface area contributed by atoms with E-state index in [-0.39, 0.29) is 5.91 Å². The lowest BCUT2D eigenvalue weighted by molar-refractivity contribution is -0.131. The number of fused-ring (bicyclic) bond motifs is 1. The molecule has 1 amide bonds. The molecule has 3 nitrogen and oxygen atoms in total. The van der Waals surface area contributed by atoms with Crippen LogP contribution < -0.4 is 0 Å². The molecule has 0 unspecified atom stereocenters. The maximum absolute atomic E-state index is 13.2. The van der Waals surface area contributed by atoms with Crippen LogP contribution >= 0.6 is 0 Å². The van der Waals surface area contributed by atoms with E-state index in [4.69, 9.17) is 4.42 Å². The number of hydrogen-bond donors (Lipinski definition) is 0. The molecule has 0 aliphatic carbocycles. The Balaban J connectivity index is 1.58. The van der Waals surface area contributed by atoms with Gasteiger partial charge in [0, 0.05) is 24.0 Å². The third-order valence-electron chi connectivity index (χ3n) is 4.94. The monoisotopic (exact) mass is 369 g/mol. The van der Waals surface area contributed by atoms with E-state index in [0.29, 0.717) is 19.5 Å². The minimum absolute atomic E-state index is 0.0935. The van der Waals surface area contributed by atoms with Crippen molar-refractivity contribution in [2.75, 3.05) is 0 Å². The lowest BCUT2D eigenvalue weighted by Crippen LogP contribution is -2.31. The van der Waals surface area contributed by atoms with Gasteiger partial charge in [0.25, 0.3) is 0 Å². The van der Waals surface area contributed by atoms with Crippen molar-refractivity contribution < 1.29 is 9.21 Å². The zero-order valence-electron chi connectivity index (χ0n) is 16.0. The zero-order valence-corrected chi connectivity index (χ0v) is 16.0. The maximum atomic E-state index is 13.2. The second kappa shape index (κ2) is 8.13. The number of carbonyl (C=O) groups is 1. The van der Waals surface area contributed by atoms with Gasteiger partial charge in [-0.25, -0.2) is 0 Å². The van der Waals surface area contributed by atoms with E-state index in [2.05, 4.69) is 30.3 Å². The summed E-state index contributed by atoms with van der Waals surface area (Å²) in [5.74, 6) is 0.0935. The molecule has 0 N–H and O–H groups in total. The maximum Gasteiger partial charge on any atom is 0.227 e. The second-order valence-electron chi connectivity index (χ2n) is 7.16. The van der Waals surface area contributed by atoms with Crippen molar-refractivity contribution in [3.05, 3.63) is 107 Å². The van der Waals surface area contributed by atoms with E-state index in [1.807, 2.05) is 60.4 Å². The van der Waals surface area contributed by atoms with Gasteiger partial charge in [0.15, 0.2) is 0 Å². The standard InChI is InChI=1S/C25H23NO2/c1-19-12-13-23-22(18-28-24(23)14-19)15-25(27)26(16-20-8-4-2-5-9-20)17-21-10-6-3-7-11-21/h2-14,18H,15-17H2,1H3. The Hall–Kier alpha value is -3.33. The molecule has 1 aromatic heterocycles. The molecule has 4 aromatic rings. The van der Waals surface area contributed by atoms with E-state index in [1.165, 1.54) is 0 Å². The van der Waals surface area contributed by atoms with Crippen molar-refractivity contribution in [2.24, 2.45) is 0 Å². The Bertz CT molecular complexity index is 1030. The molecule has 3 heteroatoms.